The molecule has 0 saturated heterocycles. The van der Waals surface area contributed by atoms with E-state index >= 15 is 0 Å². The van der Waals surface area contributed by atoms with Gasteiger partial charge in [0.25, 0.3) is 11.8 Å². The molecule has 16 heavy (non-hydrogen) atoms. The first kappa shape index (κ1) is 11.8. The number of nitrogens with one attached hydrogen (secondary N) is 1. The third-order valence-corrected chi connectivity index (χ3v) is 1.91. The lowest BCUT2D eigenvalue weighted by molar-refractivity contribution is -0.122. The molecule has 5 N–H and O–H groups in total. The highest BCUT2D eigenvalue weighted by atomic mass is 16.5. The highest BCUT2D eigenvalue weighted by molar-refractivity contribution is 5.96. The van der Waals surface area contributed by atoms with Gasteiger partial charge in [0.15, 0.2) is 6.61 Å². The largest absolute Gasteiger partial charge is 0.483 e. The summed E-state index contributed by atoms with van der Waals surface area (Å²) < 4.78 is 5.14. The Balaban J connectivity index is 2.88. The number of anilines is 1. The summed E-state index contributed by atoms with van der Waals surface area (Å²) in [5.74, 6) is -0.735. The van der Waals surface area contributed by atoms with Crippen molar-refractivity contribution in [3.63, 3.8) is 0 Å². The number of ether oxygens (including phenoxy) is 1. The minimum absolute atomic E-state index is 0.193. The summed E-state index contributed by atoms with van der Waals surface area (Å²) in [4.78, 5) is 22.0. The fourth-order valence-electron chi connectivity index (χ4n) is 1.08. The highest BCUT2D eigenvalue weighted by Gasteiger charge is 2.10. The molecule has 0 atom stereocenters. The van der Waals surface area contributed by atoms with Crippen LogP contribution in [-0.4, -0.2) is 25.5 Å². The van der Waals surface area contributed by atoms with Crippen molar-refractivity contribution in [3.8, 4) is 5.75 Å². The van der Waals surface area contributed by atoms with Crippen molar-refractivity contribution in [1.82, 2.24) is 5.32 Å². The smallest absolute Gasteiger partial charge is 0.257 e. The average Bonchev–Trinajstić information content (AvgIpc) is 2.25. The predicted octanol–water partition coefficient (Wildman–Crippen LogP) is -0.507. The van der Waals surface area contributed by atoms with Crippen LogP contribution in [0.25, 0.3) is 0 Å². The van der Waals surface area contributed by atoms with Crippen LogP contribution in [0.1, 0.15) is 10.4 Å². The second kappa shape index (κ2) is 5.01. The molecule has 1 aromatic carbocycles. The Labute approximate surface area is 92.6 Å². The maximum atomic E-state index is 11.0. The third kappa shape index (κ3) is 2.88. The SMILES string of the molecule is CNC(=O)COc1cc(N)ccc1C(N)=O. The monoisotopic (exact) mass is 223 g/mol. The highest BCUT2D eigenvalue weighted by Crippen LogP contribution is 2.21. The lowest BCUT2D eigenvalue weighted by Crippen LogP contribution is -2.25. The van der Waals surface area contributed by atoms with E-state index in [0.29, 0.717) is 5.69 Å². The number of likely N-dealkylation sites (N-methyl/N-ethyl adjacent to an activating group) is 1. The normalized spacial score (nSPS) is 9.56. The van der Waals surface area contributed by atoms with Gasteiger partial charge in [-0.3, -0.25) is 9.59 Å². The van der Waals surface area contributed by atoms with Gasteiger partial charge in [0, 0.05) is 18.8 Å². The van der Waals surface area contributed by atoms with Gasteiger partial charge in [0.1, 0.15) is 5.75 Å². The molecule has 0 bridgehead atoms. The summed E-state index contributed by atoms with van der Waals surface area (Å²) in [7, 11) is 1.49. The molecule has 1 rings (SSSR count). The number of hydrogen-bond acceptors (Lipinski definition) is 4. The second-order valence-corrected chi connectivity index (χ2v) is 3.08. The molecule has 2 amide bonds. The summed E-state index contributed by atoms with van der Waals surface area (Å²) in [5.41, 5.74) is 11.3. The Bertz CT molecular complexity index is 418. The van der Waals surface area contributed by atoms with Crippen LogP contribution in [0.15, 0.2) is 18.2 Å². The molecule has 0 heterocycles. The van der Waals surface area contributed by atoms with E-state index in [9.17, 15) is 9.59 Å². The van der Waals surface area contributed by atoms with Crippen molar-refractivity contribution in [2.75, 3.05) is 19.4 Å². The number of nitrogens with two attached hydrogens (primary N) is 2. The first-order valence-electron chi connectivity index (χ1n) is 4.57. The van der Waals surface area contributed by atoms with Crippen molar-refractivity contribution in [1.29, 1.82) is 0 Å². The van der Waals surface area contributed by atoms with Gasteiger partial charge in [0.05, 0.1) is 5.56 Å². The van der Waals surface area contributed by atoms with Gasteiger partial charge < -0.3 is 21.5 Å². The molecule has 86 valence electrons. The van der Waals surface area contributed by atoms with Gasteiger partial charge in [-0.05, 0) is 12.1 Å². The maximum absolute atomic E-state index is 11.0. The van der Waals surface area contributed by atoms with E-state index in [1.807, 2.05) is 0 Å². The van der Waals surface area contributed by atoms with Crippen LogP contribution in [0, 0.1) is 0 Å². The standard InChI is InChI=1S/C10H13N3O3/c1-13-9(14)5-16-8-4-6(11)2-3-7(8)10(12)15/h2-4H,5,11H2,1H3,(H2,12,15)(H,13,14). The quantitative estimate of drug-likeness (QED) is 0.597. The van der Waals surface area contributed by atoms with Crippen molar-refractivity contribution < 1.29 is 14.3 Å². The number of amides is 2. The number of nitrogen functional groups attached to an aromatic ring is 1. The topological polar surface area (TPSA) is 107 Å². The van der Waals surface area contributed by atoms with Crippen LogP contribution in [0.5, 0.6) is 5.75 Å². The summed E-state index contributed by atoms with van der Waals surface area (Å²) in [6.45, 7) is -0.194. The summed E-state index contributed by atoms with van der Waals surface area (Å²) in [6.07, 6.45) is 0. The number of carbonyl (C=O) groups is 2. The number of rotatable bonds is 4. The Morgan fingerprint density at radius 2 is 2.12 bits per heavy atom. The second-order valence-electron chi connectivity index (χ2n) is 3.08. The first-order valence-corrected chi connectivity index (χ1v) is 4.57. The van der Waals surface area contributed by atoms with E-state index in [1.165, 1.54) is 25.2 Å². The van der Waals surface area contributed by atoms with Gasteiger partial charge >= 0.3 is 0 Å². The van der Waals surface area contributed by atoms with Gasteiger partial charge in [-0.25, -0.2) is 0 Å². The number of primary amides is 1. The molecule has 0 radical (unpaired) electrons. The van der Waals surface area contributed by atoms with Crippen LogP contribution < -0.4 is 21.5 Å². The fraction of sp³-hybridized carbons (Fsp3) is 0.200. The van der Waals surface area contributed by atoms with Gasteiger partial charge in [0.2, 0.25) is 0 Å². The van der Waals surface area contributed by atoms with Gasteiger partial charge in [-0.15, -0.1) is 0 Å². The minimum Gasteiger partial charge on any atom is -0.483 e. The Kier molecular flexibility index (Phi) is 3.71. The molecule has 0 spiro atoms. The van der Waals surface area contributed by atoms with E-state index < -0.39 is 5.91 Å². The molecule has 0 aromatic heterocycles. The van der Waals surface area contributed by atoms with Crippen molar-refractivity contribution >= 4 is 17.5 Å². The molecule has 1 aromatic rings. The van der Waals surface area contributed by atoms with E-state index in [0.717, 1.165) is 0 Å². The van der Waals surface area contributed by atoms with E-state index in [-0.39, 0.29) is 23.8 Å². The molecule has 6 heteroatoms. The third-order valence-electron chi connectivity index (χ3n) is 1.91. The van der Waals surface area contributed by atoms with Crippen LogP contribution in [0.4, 0.5) is 5.69 Å². The average molecular weight is 223 g/mol. The van der Waals surface area contributed by atoms with Gasteiger partial charge in [-0.2, -0.15) is 0 Å². The molecule has 0 aliphatic rings. The molecule has 0 aliphatic carbocycles. The molecular formula is C10H13N3O3. The van der Waals surface area contributed by atoms with E-state index in [2.05, 4.69) is 5.32 Å². The molecule has 0 unspecified atom stereocenters. The Morgan fingerprint density at radius 3 is 2.69 bits per heavy atom. The van der Waals surface area contributed by atoms with Crippen LogP contribution >= 0.6 is 0 Å². The zero-order chi connectivity index (χ0) is 12.1. The van der Waals surface area contributed by atoms with E-state index in [4.69, 9.17) is 16.2 Å². The van der Waals surface area contributed by atoms with Crippen LogP contribution in [0.3, 0.4) is 0 Å². The Morgan fingerprint density at radius 1 is 1.44 bits per heavy atom. The molecule has 6 nitrogen and oxygen atoms in total. The number of carbonyl (C=O) groups excluding carboxylic acids is 2. The predicted molar refractivity (Wildman–Crippen MR) is 58.9 cm³/mol. The van der Waals surface area contributed by atoms with Crippen molar-refractivity contribution in [2.24, 2.45) is 5.73 Å². The maximum Gasteiger partial charge on any atom is 0.257 e. The molecule has 0 saturated carbocycles. The minimum atomic E-state index is -0.632. The lowest BCUT2D eigenvalue weighted by atomic mass is 10.2. The summed E-state index contributed by atoms with van der Waals surface area (Å²) in [6, 6.07) is 4.44. The van der Waals surface area contributed by atoms with E-state index in [1.54, 1.807) is 0 Å². The number of benzene rings is 1. The van der Waals surface area contributed by atoms with Gasteiger partial charge in [-0.1, -0.05) is 0 Å². The fourth-order valence-corrected chi connectivity index (χ4v) is 1.08. The summed E-state index contributed by atoms with van der Waals surface area (Å²) >= 11 is 0. The Hall–Kier alpha value is -2.24. The zero-order valence-electron chi connectivity index (χ0n) is 8.82. The molecule has 0 aliphatic heterocycles. The first-order chi connectivity index (χ1) is 7.54. The lowest BCUT2D eigenvalue weighted by Gasteiger charge is -2.09. The van der Waals surface area contributed by atoms with Crippen LogP contribution in [0.2, 0.25) is 0 Å². The molecule has 0 fully saturated rings. The van der Waals surface area contributed by atoms with Crippen molar-refractivity contribution in [2.45, 2.75) is 0 Å². The summed E-state index contributed by atoms with van der Waals surface area (Å²) in [5, 5.41) is 2.39. The zero-order valence-corrected chi connectivity index (χ0v) is 8.82. The molecular weight excluding hydrogens is 210 g/mol. The number of hydrogen-bond donors (Lipinski definition) is 3. The van der Waals surface area contributed by atoms with Crippen LogP contribution in [-0.2, 0) is 4.79 Å². The van der Waals surface area contributed by atoms with Crippen molar-refractivity contribution in [3.05, 3.63) is 23.8 Å².